The number of para-hydroxylation sites is 1. The second-order valence-electron chi connectivity index (χ2n) is 5.63. The molecule has 1 aromatic rings. The van der Waals surface area contributed by atoms with Gasteiger partial charge >= 0.3 is 0 Å². The van der Waals surface area contributed by atoms with Crippen LogP contribution in [0.3, 0.4) is 0 Å². The van der Waals surface area contributed by atoms with E-state index in [-0.39, 0.29) is 12.4 Å². The number of benzene rings is 1. The Labute approximate surface area is 131 Å². The Balaban J connectivity index is 0.00000361. The van der Waals surface area contributed by atoms with Crippen LogP contribution in [0, 0.1) is 0 Å². The van der Waals surface area contributed by atoms with Crippen molar-refractivity contribution in [3.63, 3.8) is 0 Å². The first kappa shape index (κ1) is 19.3. The summed E-state index contributed by atoms with van der Waals surface area (Å²) in [6.07, 6.45) is 15.1. The van der Waals surface area contributed by atoms with Gasteiger partial charge in [0.2, 0.25) is 0 Å². The highest BCUT2D eigenvalue weighted by atomic mass is 35.5. The lowest BCUT2D eigenvalue weighted by molar-refractivity contribution is 0.556. The Morgan fingerprint density at radius 3 is 1.80 bits per heavy atom. The van der Waals surface area contributed by atoms with E-state index in [1.807, 2.05) is 12.1 Å². The number of nitrogen functional groups attached to an aromatic ring is 1. The molecule has 0 saturated carbocycles. The van der Waals surface area contributed by atoms with Gasteiger partial charge in [-0.05, 0) is 24.5 Å². The van der Waals surface area contributed by atoms with Gasteiger partial charge in [0.1, 0.15) is 0 Å². The first-order valence-corrected chi connectivity index (χ1v) is 8.18. The molecule has 0 saturated heterocycles. The lowest BCUT2D eigenvalue weighted by Crippen LogP contribution is -1.93. The van der Waals surface area contributed by atoms with Crippen molar-refractivity contribution in [1.82, 2.24) is 0 Å². The van der Waals surface area contributed by atoms with E-state index in [4.69, 9.17) is 5.73 Å². The van der Waals surface area contributed by atoms with Crippen LogP contribution in [-0.2, 0) is 6.42 Å². The van der Waals surface area contributed by atoms with Crippen molar-refractivity contribution in [2.24, 2.45) is 0 Å². The van der Waals surface area contributed by atoms with E-state index in [0.717, 1.165) is 12.1 Å². The van der Waals surface area contributed by atoms with Crippen molar-refractivity contribution >= 4 is 18.1 Å². The zero-order valence-electron chi connectivity index (χ0n) is 13.1. The fourth-order valence-corrected chi connectivity index (χ4v) is 2.56. The van der Waals surface area contributed by atoms with Gasteiger partial charge in [-0.2, -0.15) is 0 Å². The molecule has 116 valence electrons. The van der Waals surface area contributed by atoms with Crippen molar-refractivity contribution in [1.29, 1.82) is 0 Å². The Morgan fingerprint density at radius 1 is 0.750 bits per heavy atom. The maximum Gasteiger partial charge on any atom is 0.0346 e. The standard InChI is InChI=1S/C18H31N.ClH/c1-2-3-4-5-6-7-8-9-10-11-14-17-15-12-13-16-18(17)19;/h12-13,15-16H,2-11,14,19H2,1H3;1H. The maximum absolute atomic E-state index is 5.94. The van der Waals surface area contributed by atoms with E-state index in [2.05, 4.69) is 19.1 Å². The van der Waals surface area contributed by atoms with Gasteiger partial charge in [-0.15, -0.1) is 12.4 Å². The number of nitrogens with two attached hydrogens (primary N) is 1. The summed E-state index contributed by atoms with van der Waals surface area (Å²) in [5.74, 6) is 0. The molecular formula is C18H32ClN. The van der Waals surface area contributed by atoms with Crippen LogP contribution >= 0.6 is 12.4 Å². The molecule has 0 heterocycles. The normalized spacial score (nSPS) is 10.2. The highest BCUT2D eigenvalue weighted by Crippen LogP contribution is 2.15. The second kappa shape index (κ2) is 13.3. The molecule has 0 aliphatic carbocycles. The quantitative estimate of drug-likeness (QED) is 0.384. The zero-order chi connectivity index (χ0) is 13.8. The van der Waals surface area contributed by atoms with Gasteiger partial charge in [0, 0.05) is 5.69 Å². The first-order valence-electron chi connectivity index (χ1n) is 8.18. The Hall–Kier alpha value is -0.690. The lowest BCUT2D eigenvalue weighted by Gasteiger charge is -2.05. The Kier molecular flexibility index (Phi) is 12.8. The minimum absolute atomic E-state index is 0. The Morgan fingerprint density at radius 2 is 1.25 bits per heavy atom. The van der Waals surface area contributed by atoms with Crippen LogP contribution in [0.1, 0.15) is 76.7 Å². The zero-order valence-corrected chi connectivity index (χ0v) is 13.9. The molecule has 0 aliphatic rings. The van der Waals surface area contributed by atoms with Crippen LogP contribution in [0.4, 0.5) is 5.69 Å². The molecule has 0 aliphatic heterocycles. The van der Waals surface area contributed by atoms with E-state index < -0.39 is 0 Å². The van der Waals surface area contributed by atoms with Crippen molar-refractivity contribution in [2.45, 2.75) is 77.6 Å². The summed E-state index contributed by atoms with van der Waals surface area (Å²) in [7, 11) is 0. The van der Waals surface area contributed by atoms with E-state index in [0.29, 0.717) is 0 Å². The fraction of sp³-hybridized carbons (Fsp3) is 0.667. The average molecular weight is 298 g/mol. The molecule has 0 amide bonds. The summed E-state index contributed by atoms with van der Waals surface area (Å²) in [5, 5.41) is 0. The van der Waals surface area contributed by atoms with Gasteiger partial charge in [-0.3, -0.25) is 0 Å². The van der Waals surface area contributed by atoms with Crippen LogP contribution in [0.25, 0.3) is 0 Å². The molecule has 1 aromatic carbocycles. The lowest BCUT2D eigenvalue weighted by atomic mass is 10.0. The van der Waals surface area contributed by atoms with Crippen LogP contribution < -0.4 is 5.73 Å². The van der Waals surface area contributed by atoms with Crippen molar-refractivity contribution in [3.8, 4) is 0 Å². The molecule has 0 bridgehead atoms. The molecule has 0 unspecified atom stereocenters. The number of rotatable bonds is 11. The molecule has 0 aromatic heterocycles. The van der Waals surface area contributed by atoms with Crippen molar-refractivity contribution in [2.75, 3.05) is 5.73 Å². The molecule has 2 heteroatoms. The molecule has 1 nitrogen and oxygen atoms in total. The van der Waals surface area contributed by atoms with Gasteiger partial charge in [0.25, 0.3) is 0 Å². The van der Waals surface area contributed by atoms with Crippen LogP contribution in [0.15, 0.2) is 24.3 Å². The first-order chi connectivity index (χ1) is 9.34. The van der Waals surface area contributed by atoms with E-state index >= 15 is 0 Å². The van der Waals surface area contributed by atoms with E-state index in [1.54, 1.807) is 0 Å². The Bertz CT molecular complexity index is 325. The fourth-order valence-electron chi connectivity index (χ4n) is 2.56. The number of aryl methyl sites for hydroxylation is 1. The predicted molar refractivity (Wildman–Crippen MR) is 93.7 cm³/mol. The predicted octanol–water partition coefficient (Wildman–Crippen LogP) is 6.15. The summed E-state index contributed by atoms with van der Waals surface area (Å²) in [6.45, 7) is 2.28. The topological polar surface area (TPSA) is 26.0 Å². The van der Waals surface area contributed by atoms with Gasteiger partial charge in [-0.1, -0.05) is 82.9 Å². The molecule has 1 rings (SSSR count). The molecule has 0 fully saturated rings. The number of hydrogen-bond donors (Lipinski definition) is 1. The maximum atomic E-state index is 5.94. The smallest absolute Gasteiger partial charge is 0.0346 e. The van der Waals surface area contributed by atoms with E-state index in [1.165, 1.54) is 69.8 Å². The average Bonchev–Trinajstić information content (AvgIpc) is 2.43. The summed E-state index contributed by atoms with van der Waals surface area (Å²) in [4.78, 5) is 0. The van der Waals surface area contributed by atoms with Crippen LogP contribution in [0.5, 0.6) is 0 Å². The molecule has 0 radical (unpaired) electrons. The summed E-state index contributed by atoms with van der Waals surface area (Å²) < 4.78 is 0. The third-order valence-electron chi connectivity index (χ3n) is 3.85. The van der Waals surface area contributed by atoms with Crippen molar-refractivity contribution in [3.05, 3.63) is 29.8 Å². The largest absolute Gasteiger partial charge is 0.399 e. The van der Waals surface area contributed by atoms with Gasteiger partial charge in [-0.25, -0.2) is 0 Å². The van der Waals surface area contributed by atoms with E-state index in [9.17, 15) is 0 Å². The monoisotopic (exact) mass is 297 g/mol. The van der Waals surface area contributed by atoms with Gasteiger partial charge in [0.15, 0.2) is 0 Å². The van der Waals surface area contributed by atoms with Gasteiger partial charge < -0.3 is 5.73 Å². The number of halogens is 1. The third kappa shape index (κ3) is 9.25. The van der Waals surface area contributed by atoms with Gasteiger partial charge in [0.05, 0.1) is 0 Å². The van der Waals surface area contributed by atoms with Crippen LogP contribution in [0.2, 0.25) is 0 Å². The number of hydrogen-bond acceptors (Lipinski definition) is 1. The highest BCUT2D eigenvalue weighted by Gasteiger charge is 1.97. The summed E-state index contributed by atoms with van der Waals surface area (Å²) in [5.41, 5.74) is 8.22. The number of unbranched alkanes of at least 4 members (excludes halogenated alkanes) is 9. The van der Waals surface area contributed by atoms with Crippen LogP contribution in [-0.4, -0.2) is 0 Å². The molecule has 2 N–H and O–H groups in total. The second-order valence-corrected chi connectivity index (χ2v) is 5.63. The number of anilines is 1. The summed E-state index contributed by atoms with van der Waals surface area (Å²) >= 11 is 0. The highest BCUT2D eigenvalue weighted by molar-refractivity contribution is 5.85. The SMILES string of the molecule is CCCCCCCCCCCCc1ccccc1N.Cl. The molecular weight excluding hydrogens is 266 g/mol. The molecule has 0 atom stereocenters. The summed E-state index contributed by atoms with van der Waals surface area (Å²) in [6, 6.07) is 8.26. The minimum atomic E-state index is 0. The minimum Gasteiger partial charge on any atom is -0.399 e. The van der Waals surface area contributed by atoms with Crippen molar-refractivity contribution < 1.29 is 0 Å². The molecule has 20 heavy (non-hydrogen) atoms. The third-order valence-corrected chi connectivity index (χ3v) is 3.85. The molecule has 0 spiro atoms.